The van der Waals surface area contributed by atoms with Crippen LogP contribution in [0.25, 0.3) is 11.8 Å². The number of amides is 2. The van der Waals surface area contributed by atoms with Gasteiger partial charge in [0.25, 0.3) is 11.5 Å². The number of anilines is 3. The Balaban J connectivity index is 1.83. The molecule has 0 fully saturated rings. The molecule has 0 radical (unpaired) electrons. The van der Waals surface area contributed by atoms with E-state index in [0.29, 0.717) is 17.1 Å². The topological polar surface area (TPSA) is 110 Å². The van der Waals surface area contributed by atoms with Crippen LogP contribution in [0.3, 0.4) is 0 Å². The van der Waals surface area contributed by atoms with Gasteiger partial charge in [0.05, 0.1) is 6.54 Å². The van der Waals surface area contributed by atoms with Crippen molar-refractivity contribution in [3.05, 3.63) is 73.9 Å². The van der Waals surface area contributed by atoms with Crippen molar-refractivity contribution in [2.45, 2.75) is 19.6 Å². The van der Waals surface area contributed by atoms with Gasteiger partial charge in [0.2, 0.25) is 5.91 Å². The predicted molar refractivity (Wildman–Crippen MR) is 149 cm³/mol. The number of carbonyl (C=O) groups is 2. The highest BCUT2D eigenvalue weighted by Gasteiger charge is 2.29. The Bertz CT molecular complexity index is 1640. The first-order valence-corrected chi connectivity index (χ1v) is 12.9. The molecule has 3 rings (SSSR count). The van der Waals surface area contributed by atoms with E-state index in [2.05, 4.69) is 5.32 Å². The van der Waals surface area contributed by atoms with E-state index in [1.807, 2.05) is 0 Å². The van der Waals surface area contributed by atoms with Crippen LogP contribution in [0.5, 0.6) is 0 Å². The van der Waals surface area contributed by atoms with Crippen molar-refractivity contribution in [3.63, 3.8) is 0 Å². The van der Waals surface area contributed by atoms with Gasteiger partial charge in [-0.05, 0) is 49.4 Å². The minimum absolute atomic E-state index is 0.0225. The van der Waals surface area contributed by atoms with Gasteiger partial charge in [-0.1, -0.05) is 6.07 Å². The summed E-state index contributed by atoms with van der Waals surface area (Å²) in [7, 11) is 3.30. The van der Waals surface area contributed by atoms with E-state index in [9.17, 15) is 37.2 Å². The molecule has 0 aliphatic rings. The van der Waals surface area contributed by atoms with Gasteiger partial charge in [-0.25, -0.2) is 4.39 Å². The van der Waals surface area contributed by atoms with E-state index in [0.717, 1.165) is 15.9 Å². The lowest BCUT2D eigenvalue weighted by molar-refractivity contribution is -0.135. The number of nitrogens with zero attached hydrogens (tertiary/aromatic N) is 4. The molecule has 2 aromatic carbocycles. The fourth-order valence-electron chi connectivity index (χ4n) is 3.65. The van der Waals surface area contributed by atoms with Crippen molar-refractivity contribution in [2.75, 3.05) is 42.3 Å². The molecule has 0 spiro atoms. The number of halogens is 4. The van der Waals surface area contributed by atoms with Gasteiger partial charge in [-0.3, -0.25) is 19.0 Å². The van der Waals surface area contributed by atoms with E-state index in [1.54, 1.807) is 73.7 Å². The number of hydrogen-bond acceptors (Lipinski definition) is 7. The molecule has 1 aromatic heterocycles. The zero-order valence-corrected chi connectivity index (χ0v) is 23.1. The van der Waals surface area contributed by atoms with E-state index in [1.165, 1.54) is 23.2 Å². The monoisotopic (exact) mass is 590 g/mol. The molecule has 0 saturated carbocycles. The summed E-state index contributed by atoms with van der Waals surface area (Å²) in [4.78, 5) is 41.1. The predicted octanol–water partition coefficient (Wildman–Crippen LogP) is 2.37. The van der Waals surface area contributed by atoms with Crippen molar-refractivity contribution in [1.29, 1.82) is 5.26 Å². The molecule has 1 heterocycles. The standard InChI is InChI=1S/C27H26F4N6O3S/c1-4-37-25(40)22(41-26(37)21(13-32)24(39)34-16-27(29,30)31)14-33-18-6-5-7-20(12-18)36(3)23(38)15-35(2)19-10-8-17(28)9-11-19/h5-12,14,33H,4,15-16H2,1-3H3,(H,34,39)/b22-14+,26-21-. The van der Waals surface area contributed by atoms with E-state index >= 15 is 0 Å². The van der Waals surface area contributed by atoms with Crippen LogP contribution in [-0.4, -0.2) is 49.7 Å². The number of rotatable bonds is 9. The van der Waals surface area contributed by atoms with Crippen LogP contribution in [0.4, 0.5) is 34.6 Å². The molecular formula is C27H26F4N6O3S. The van der Waals surface area contributed by atoms with Crippen molar-refractivity contribution < 1.29 is 27.2 Å². The molecule has 0 saturated heterocycles. The fourth-order valence-corrected chi connectivity index (χ4v) is 4.74. The van der Waals surface area contributed by atoms with Crippen LogP contribution in [0.15, 0.2) is 53.3 Å². The number of carbonyl (C=O) groups excluding carboxylic acids is 2. The molecule has 0 atom stereocenters. The number of likely N-dealkylation sites (N-methyl/N-ethyl adjacent to an activating group) is 2. The molecule has 0 bridgehead atoms. The third kappa shape index (κ3) is 7.95. The number of alkyl halides is 3. The second-order valence-corrected chi connectivity index (χ2v) is 9.76. The van der Waals surface area contributed by atoms with Crippen LogP contribution >= 0.6 is 11.3 Å². The Morgan fingerprint density at radius 3 is 2.41 bits per heavy atom. The number of thiazole rings is 1. The highest BCUT2D eigenvalue weighted by atomic mass is 32.1. The number of hydrogen-bond donors (Lipinski definition) is 2. The number of nitrogens with one attached hydrogen (secondary N) is 2. The van der Waals surface area contributed by atoms with Crippen LogP contribution in [0.1, 0.15) is 6.92 Å². The molecule has 41 heavy (non-hydrogen) atoms. The van der Waals surface area contributed by atoms with Crippen LogP contribution in [0, 0.1) is 17.1 Å². The van der Waals surface area contributed by atoms with Crippen molar-refractivity contribution in [2.24, 2.45) is 0 Å². The van der Waals surface area contributed by atoms with Gasteiger partial charge in [-0.15, -0.1) is 11.3 Å². The zero-order chi connectivity index (χ0) is 30.3. The second-order valence-electron chi connectivity index (χ2n) is 8.73. The first kappa shape index (κ1) is 30.9. The van der Waals surface area contributed by atoms with Gasteiger partial charge in [0.15, 0.2) is 5.57 Å². The zero-order valence-electron chi connectivity index (χ0n) is 22.3. The molecular weight excluding hydrogens is 564 g/mol. The second kappa shape index (κ2) is 13.1. The van der Waals surface area contributed by atoms with Crippen LogP contribution in [0.2, 0.25) is 0 Å². The van der Waals surface area contributed by atoms with Gasteiger partial charge in [0.1, 0.15) is 27.6 Å². The maximum absolute atomic E-state index is 13.2. The Morgan fingerprint density at radius 1 is 1.12 bits per heavy atom. The minimum Gasteiger partial charge on any atom is -0.365 e. The summed E-state index contributed by atoms with van der Waals surface area (Å²) in [6.07, 6.45) is -3.31. The largest absolute Gasteiger partial charge is 0.405 e. The third-order valence-corrected chi connectivity index (χ3v) is 6.97. The summed E-state index contributed by atoms with van der Waals surface area (Å²) < 4.78 is 51.9. The summed E-state index contributed by atoms with van der Waals surface area (Å²) in [5.41, 5.74) is 0.578. The lowest BCUT2D eigenvalue weighted by atomic mass is 10.2. The first-order valence-electron chi connectivity index (χ1n) is 12.1. The maximum Gasteiger partial charge on any atom is 0.405 e. The maximum atomic E-state index is 13.2. The molecule has 0 aliphatic carbocycles. The summed E-state index contributed by atoms with van der Waals surface area (Å²) in [6.45, 7) is 0.0794. The molecule has 2 amide bonds. The smallest absolute Gasteiger partial charge is 0.365 e. The average Bonchev–Trinajstić information content (AvgIpc) is 3.25. The molecule has 9 nitrogen and oxygen atoms in total. The lowest BCUT2D eigenvalue weighted by Gasteiger charge is -2.23. The molecule has 0 unspecified atom stereocenters. The van der Waals surface area contributed by atoms with Gasteiger partial charge in [-0.2, -0.15) is 18.4 Å². The molecule has 14 heteroatoms. The SMILES string of the molecule is CCn1c(=O)/c(=C\Nc2cccc(N(C)C(=O)CN(C)c3ccc(F)cc3)c2)s/c1=C(/C#N)C(=O)NCC(F)(F)F. The summed E-state index contributed by atoms with van der Waals surface area (Å²) >= 11 is 0.783. The number of benzene rings is 2. The average molecular weight is 591 g/mol. The van der Waals surface area contributed by atoms with E-state index in [-0.39, 0.29) is 34.0 Å². The Hall–Kier alpha value is -4.64. The minimum atomic E-state index is -4.66. The summed E-state index contributed by atoms with van der Waals surface area (Å²) in [6, 6.07) is 14.1. The highest BCUT2D eigenvalue weighted by molar-refractivity contribution is 7.07. The van der Waals surface area contributed by atoms with Crippen LogP contribution < -0.4 is 35.2 Å². The quantitative estimate of drug-likeness (QED) is 0.371. The Labute approximate surface area is 236 Å². The van der Waals surface area contributed by atoms with E-state index < -0.39 is 29.8 Å². The third-order valence-electron chi connectivity index (χ3n) is 5.84. The van der Waals surface area contributed by atoms with Crippen molar-refractivity contribution in [1.82, 2.24) is 9.88 Å². The summed E-state index contributed by atoms with van der Waals surface area (Å²) in [5, 5.41) is 14.1. The van der Waals surface area contributed by atoms with Gasteiger partial charge in [0, 0.05) is 43.9 Å². The summed E-state index contributed by atoms with van der Waals surface area (Å²) in [5.74, 6) is -1.86. The Morgan fingerprint density at radius 2 is 1.80 bits per heavy atom. The number of aromatic nitrogens is 1. The molecule has 216 valence electrons. The van der Waals surface area contributed by atoms with Crippen molar-refractivity contribution in [3.8, 4) is 6.07 Å². The Kier molecular flexibility index (Phi) is 9.90. The molecule has 3 aromatic rings. The lowest BCUT2D eigenvalue weighted by Crippen LogP contribution is -2.37. The molecule has 2 N–H and O–H groups in total. The van der Waals surface area contributed by atoms with Crippen LogP contribution in [-0.2, 0) is 16.1 Å². The van der Waals surface area contributed by atoms with E-state index in [4.69, 9.17) is 0 Å². The van der Waals surface area contributed by atoms with Gasteiger partial charge < -0.3 is 20.4 Å². The van der Waals surface area contributed by atoms with Crippen molar-refractivity contribution >= 4 is 52.0 Å². The fraction of sp³-hybridized carbons (Fsp3) is 0.259. The molecule has 0 aliphatic heterocycles. The normalized spacial score (nSPS) is 12.4. The van der Waals surface area contributed by atoms with Gasteiger partial charge >= 0.3 is 6.18 Å². The number of nitriles is 1. The highest BCUT2D eigenvalue weighted by Crippen LogP contribution is 2.20. The first-order chi connectivity index (χ1) is 19.3.